The fourth-order valence-corrected chi connectivity index (χ4v) is 1.78. The second-order valence-electron chi connectivity index (χ2n) is 4.61. The number of aromatic hydroxyl groups is 1. The highest BCUT2D eigenvalue weighted by Gasteiger charge is 2.20. The van der Waals surface area contributed by atoms with Gasteiger partial charge >= 0.3 is 5.69 Å². The minimum absolute atomic E-state index is 0.126. The van der Waals surface area contributed by atoms with Gasteiger partial charge in [0.2, 0.25) is 0 Å². The summed E-state index contributed by atoms with van der Waals surface area (Å²) in [6, 6.07) is 5.07. The van der Waals surface area contributed by atoms with Gasteiger partial charge in [0.05, 0.1) is 5.52 Å². The lowest BCUT2D eigenvalue weighted by atomic mass is 10.1. The molecule has 4 nitrogen and oxygen atoms in total. The fourth-order valence-electron chi connectivity index (χ4n) is 1.78. The van der Waals surface area contributed by atoms with Gasteiger partial charge in [0.15, 0.2) is 0 Å². The van der Waals surface area contributed by atoms with Crippen molar-refractivity contribution >= 4 is 11.0 Å². The van der Waals surface area contributed by atoms with Crippen molar-refractivity contribution in [1.29, 1.82) is 0 Å². The number of phenolic OH excluding ortho intramolecular Hbond substituents is 1. The molecule has 0 unspecified atom stereocenters. The molecular formula is C11H14N2O2. The van der Waals surface area contributed by atoms with Crippen LogP contribution in [0.2, 0.25) is 0 Å². The third-order valence-electron chi connectivity index (χ3n) is 2.35. The molecule has 0 aliphatic carbocycles. The van der Waals surface area contributed by atoms with Crippen molar-refractivity contribution in [2.45, 2.75) is 26.3 Å². The molecule has 2 N–H and O–H groups in total. The van der Waals surface area contributed by atoms with Gasteiger partial charge in [-0.2, -0.15) is 0 Å². The summed E-state index contributed by atoms with van der Waals surface area (Å²) in [5, 5.41) is 9.75. The average molecular weight is 206 g/mol. The molecule has 0 aliphatic heterocycles. The molecule has 0 bridgehead atoms. The minimum Gasteiger partial charge on any atom is -0.506 e. The number of rotatable bonds is 0. The first kappa shape index (κ1) is 9.83. The van der Waals surface area contributed by atoms with Crippen LogP contribution in [0, 0.1) is 0 Å². The number of phenols is 1. The van der Waals surface area contributed by atoms with Gasteiger partial charge in [0.25, 0.3) is 0 Å². The van der Waals surface area contributed by atoms with Gasteiger partial charge in [-0.15, -0.1) is 0 Å². The van der Waals surface area contributed by atoms with Gasteiger partial charge in [0.1, 0.15) is 11.3 Å². The molecular weight excluding hydrogens is 192 g/mol. The number of fused-ring (bicyclic) bond motifs is 1. The van der Waals surface area contributed by atoms with Crippen molar-refractivity contribution in [2.24, 2.45) is 0 Å². The van der Waals surface area contributed by atoms with Crippen LogP contribution in [0.15, 0.2) is 23.0 Å². The molecule has 2 rings (SSSR count). The minimum atomic E-state index is -0.353. The number of imidazole rings is 1. The summed E-state index contributed by atoms with van der Waals surface area (Å²) in [6.07, 6.45) is 0. The molecule has 0 spiro atoms. The van der Waals surface area contributed by atoms with Gasteiger partial charge in [-0.05, 0) is 32.9 Å². The molecule has 1 aromatic heterocycles. The van der Waals surface area contributed by atoms with Crippen molar-refractivity contribution in [3.05, 3.63) is 28.7 Å². The second-order valence-corrected chi connectivity index (χ2v) is 4.61. The maximum atomic E-state index is 11.7. The van der Waals surface area contributed by atoms with E-state index in [-0.39, 0.29) is 17.0 Å². The van der Waals surface area contributed by atoms with E-state index in [9.17, 15) is 9.90 Å². The van der Waals surface area contributed by atoms with Crippen molar-refractivity contribution in [2.75, 3.05) is 0 Å². The molecule has 0 atom stereocenters. The third-order valence-corrected chi connectivity index (χ3v) is 2.35. The van der Waals surface area contributed by atoms with Crippen LogP contribution in [0.5, 0.6) is 5.75 Å². The molecule has 4 heteroatoms. The number of H-pyrrole nitrogens is 1. The zero-order chi connectivity index (χ0) is 11.2. The van der Waals surface area contributed by atoms with Crippen LogP contribution in [0.1, 0.15) is 20.8 Å². The Morgan fingerprint density at radius 2 is 2.00 bits per heavy atom. The van der Waals surface area contributed by atoms with Gasteiger partial charge < -0.3 is 10.1 Å². The van der Waals surface area contributed by atoms with E-state index in [1.165, 1.54) is 0 Å². The predicted octanol–water partition coefficient (Wildman–Crippen LogP) is 1.79. The lowest BCUT2D eigenvalue weighted by Gasteiger charge is -2.20. The van der Waals surface area contributed by atoms with E-state index >= 15 is 0 Å². The van der Waals surface area contributed by atoms with E-state index in [0.29, 0.717) is 11.0 Å². The van der Waals surface area contributed by atoms with Crippen LogP contribution < -0.4 is 5.69 Å². The van der Waals surface area contributed by atoms with E-state index in [1.807, 2.05) is 20.8 Å². The van der Waals surface area contributed by atoms with Crippen LogP contribution >= 0.6 is 0 Å². The van der Waals surface area contributed by atoms with Crippen LogP contribution in [-0.4, -0.2) is 14.7 Å². The molecule has 2 aromatic rings. The van der Waals surface area contributed by atoms with E-state index in [1.54, 1.807) is 22.8 Å². The largest absolute Gasteiger partial charge is 0.506 e. The molecule has 0 radical (unpaired) electrons. The normalized spacial score (nSPS) is 12.2. The number of para-hydroxylation sites is 1. The Labute approximate surface area is 87.2 Å². The molecule has 15 heavy (non-hydrogen) atoms. The summed E-state index contributed by atoms with van der Waals surface area (Å²) < 4.78 is 1.57. The maximum Gasteiger partial charge on any atom is 0.327 e. The van der Waals surface area contributed by atoms with E-state index in [0.717, 1.165) is 0 Å². The van der Waals surface area contributed by atoms with Crippen molar-refractivity contribution in [3.8, 4) is 5.75 Å². The number of aromatic amines is 1. The summed E-state index contributed by atoms with van der Waals surface area (Å²) in [6.45, 7) is 5.77. The Balaban J connectivity index is 2.96. The van der Waals surface area contributed by atoms with Gasteiger partial charge in [-0.3, -0.25) is 4.57 Å². The Kier molecular flexibility index (Phi) is 1.89. The zero-order valence-electron chi connectivity index (χ0n) is 9.03. The van der Waals surface area contributed by atoms with Gasteiger partial charge in [-0.25, -0.2) is 4.79 Å². The van der Waals surface area contributed by atoms with Crippen LogP contribution in [-0.2, 0) is 5.54 Å². The SMILES string of the molecule is CC(C)(C)n1c(=O)[nH]c2cccc(O)c21. The number of aromatic nitrogens is 2. The maximum absolute atomic E-state index is 11.7. The summed E-state index contributed by atoms with van der Waals surface area (Å²) in [7, 11) is 0. The molecule has 0 saturated carbocycles. The summed E-state index contributed by atoms with van der Waals surface area (Å²) in [5.41, 5.74) is 0.678. The average Bonchev–Trinajstić information content (AvgIpc) is 2.41. The number of nitrogens with one attached hydrogen (secondary N) is 1. The van der Waals surface area contributed by atoms with Gasteiger partial charge in [0, 0.05) is 5.54 Å². The second kappa shape index (κ2) is 2.89. The first-order valence-corrected chi connectivity index (χ1v) is 4.84. The molecule has 1 aromatic carbocycles. The lowest BCUT2D eigenvalue weighted by molar-refractivity contribution is 0.390. The first-order valence-electron chi connectivity index (χ1n) is 4.84. The van der Waals surface area contributed by atoms with Crippen molar-refractivity contribution < 1.29 is 5.11 Å². The summed E-state index contributed by atoms with van der Waals surface area (Å²) >= 11 is 0. The summed E-state index contributed by atoms with van der Waals surface area (Å²) in [4.78, 5) is 14.5. The summed E-state index contributed by atoms with van der Waals surface area (Å²) in [5.74, 6) is 0.126. The van der Waals surface area contributed by atoms with Crippen molar-refractivity contribution in [3.63, 3.8) is 0 Å². The topological polar surface area (TPSA) is 58.0 Å². The highest BCUT2D eigenvalue weighted by molar-refractivity contribution is 5.81. The number of nitrogens with zero attached hydrogens (tertiary/aromatic N) is 1. The molecule has 80 valence electrons. The monoisotopic (exact) mass is 206 g/mol. The quantitative estimate of drug-likeness (QED) is 0.690. The van der Waals surface area contributed by atoms with E-state index in [4.69, 9.17) is 0 Å². The Morgan fingerprint density at radius 3 is 2.60 bits per heavy atom. The predicted molar refractivity (Wildman–Crippen MR) is 59.2 cm³/mol. The highest BCUT2D eigenvalue weighted by Crippen LogP contribution is 2.26. The molecule has 0 aliphatic rings. The van der Waals surface area contributed by atoms with Crippen molar-refractivity contribution in [1.82, 2.24) is 9.55 Å². The van der Waals surface area contributed by atoms with Crippen LogP contribution in [0.4, 0.5) is 0 Å². The fraction of sp³-hybridized carbons (Fsp3) is 0.364. The van der Waals surface area contributed by atoms with Crippen LogP contribution in [0.25, 0.3) is 11.0 Å². The van der Waals surface area contributed by atoms with Gasteiger partial charge in [-0.1, -0.05) is 6.07 Å². The van der Waals surface area contributed by atoms with Crippen LogP contribution in [0.3, 0.4) is 0 Å². The van der Waals surface area contributed by atoms with E-state index in [2.05, 4.69) is 4.98 Å². The Hall–Kier alpha value is -1.71. The lowest BCUT2D eigenvalue weighted by Crippen LogP contribution is -2.31. The number of hydrogen-bond acceptors (Lipinski definition) is 2. The Morgan fingerprint density at radius 1 is 1.33 bits per heavy atom. The molecule has 0 amide bonds. The standard InChI is InChI=1S/C11H14N2O2/c1-11(2,3)13-9-7(12-10(13)15)5-4-6-8(9)14/h4-6,14H,1-3H3,(H,12,15). The number of benzene rings is 1. The molecule has 0 saturated heterocycles. The molecule has 1 heterocycles. The number of hydrogen-bond donors (Lipinski definition) is 2. The first-order chi connectivity index (χ1) is 6.91. The Bertz CT molecular complexity index is 558. The highest BCUT2D eigenvalue weighted by atomic mass is 16.3. The zero-order valence-corrected chi connectivity index (χ0v) is 9.03. The smallest absolute Gasteiger partial charge is 0.327 e. The third kappa shape index (κ3) is 1.42. The molecule has 0 fully saturated rings. The van der Waals surface area contributed by atoms with E-state index < -0.39 is 0 Å².